The first-order valence-corrected chi connectivity index (χ1v) is 5.82. The minimum atomic E-state index is -0.390. The highest BCUT2D eigenvalue weighted by atomic mass is 16.5. The molecule has 0 fully saturated rings. The Labute approximate surface area is 97.7 Å². The Morgan fingerprint density at radius 3 is 2.75 bits per heavy atom. The van der Waals surface area contributed by atoms with Gasteiger partial charge < -0.3 is 20.5 Å². The zero-order valence-electron chi connectivity index (χ0n) is 10.3. The van der Waals surface area contributed by atoms with Gasteiger partial charge in [-0.1, -0.05) is 19.8 Å². The Kier molecular flexibility index (Phi) is 10.4. The van der Waals surface area contributed by atoms with Crippen LogP contribution < -0.4 is 11.1 Å². The molecule has 0 rings (SSSR count). The third kappa shape index (κ3) is 8.64. The first-order valence-electron chi connectivity index (χ1n) is 5.82. The highest BCUT2D eigenvalue weighted by molar-refractivity contribution is 5.81. The average Bonchev–Trinajstić information content (AvgIpc) is 2.30. The van der Waals surface area contributed by atoms with Crippen molar-refractivity contribution in [3.05, 3.63) is 0 Å². The molecule has 0 aliphatic rings. The zero-order chi connectivity index (χ0) is 12.2. The van der Waals surface area contributed by atoms with Gasteiger partial charge in [-0.25, -0.2) is 0 Å². The molecule has 0 aromatic heterocycles. The summed E-state index contributed by atoms with van der Waals surface area (Å²) in [5.74, 6) is -0.0937. The van der Waals surface area contributed by atoms with E-state index in [2.05, 4.69) is 12.2 Å². The lowest BCUT2D eigenvalue weighted by Crippen LogP contribution is -2.41. The van der Waals surface area contributed by atoms with Gasteiger partial charge >= 0.3 is 0 Å². The number of nitrogens with one attached hydrogen (secondary N) is 1. The molecule has 0 aliphatic heterocycles. The lowest BCUT2D eigenvalue weighted by Gasteiger charge is -2.11. The van der Waals surface area contributed by atoms with E-state index in [4.69, 9.17) is 15.2 Å². The van der Waals surface area contributed by atoms with Gasteiger partial charge in [0.1, 0.15) is 0 Å². The van der Waals surface area contributed by atoms with Gasteiger partial charge in [0.05, 0.1) is 25.9 Å². The highest BCUT2D eigenvalue weighted by Crippen LogP contribution is 1.97. The quantitative estimate of drug-likeness (QED) is 0.531. The maximum atomic E-state index is 11.4. The molecule has 0 aromatic rings. The number of methoxy groups -OCH3 is 1. The van der Waals surface area contributed by atoms with Gasteiger partial charge in [-0.05, 0) is 6.42 Å². The summed E-state index contributed by atoms with van der Waals surface area (Å²) in [6, 6.07) is -0.390. The van der Waals surface area contributed by atoms with Crippen LogP contribution in [0.1, 0.15) is 26.2 Å². The van der Waals surface area contributed by atoms with E-state index < -0.39 is 0 Å². The van der Waals surface area contributed by atoms with Crippen LogP contribution in [-0.2, 0) is 14.3 Å². The summed E-state index contributed by atoms with van der Waals surface area (Å²) in [5.41, 5.74) is 5.69. The maximum Gasteiger partial charge on any atom is 0.236 e. The van der Waals surface area contributed by atoms with Gasteiger partial charge in [0.15, 0.2) is 0 Å². The molecule has 0 spiro atoms. The number of amides is 1. The van der Waals surface area contributed by atoms with E-state index in [1.54, 1.807) is 7.11 Å². The smallest absolute Gasteiger partial charge is 0.236 e. The molecule has 5 heteroatoms. The van der Waals surface area contributed by atoms with Crippen LogP contribution in [0.5, 0.6) is 0 Å². The summed E-state index contributed by atoms with van der Waals surface area (Å²) in [4.78, 5) is 11.4. The minimum Gasteiger partial charge on any atom is -0.382 e. The van der Waals surface area contributed by atoms with E-state index in [1.165, 1.54) is 0 Å². The lowest BCUT2D eigenvalue weighted by molar-refractivity contribution is -0.122. The van der Waals surface area contributed by atoms with E-state index in [0.29, 0.717) is 26.4 Å². The first kappa shape index (κ1) is 15.3. The molecule has 0 aliphatic carbocycles. The predicted molar refractivity (Wildman–Crippen MR) is 63.2 cm³/mol. The molecule has 96 valence electrons. The number of unbranched alkanes of at least 4 members (excludes halogenated alkanes) is 1. The summed E-state index contributed by atoms with van der Waals surface area (Å²) < 4.78 is 10.0. The highest BCUT2D eigenvalue weighted by Gasteiger charge is 2.11. The van der Waals surface area contributed by atoms with Crippen molar-refractivity contribution in [1.82, 2.24) is 5.32 Å². The second kappa shape index (κ2) is 10.9. The van der Waals surface area contributed by atoms with Crippen LogP contribution in [0.3, 0.4) is 0 Å². The topological polar surface area (TPSA) is 73.6 Å². The van der Waals surface area contributed by atoms with Crippen molar-refractivity contribution in [3.8, 4) is 0 Å². The molecule has 5 nitrogen and oxygen atoms in total. The molecule has 16 heavy (non-hydrogen) atoms. The zero-order valence-corrected chi connectivity index (χ0v) is 10.3. The van der Waals surface area contributed by atoms with Crippen molar-refractivity contribution in [1.29, 1.82) is 0 Å². The van der Waals surface area contributed by atoms with E-state index in [-0.39, 0.29) is 11.9 Å². The molecule has 1 amide bonds. The van der Waals surface area contributed by atoms with Gasteiger partial charge in [0.25, 0.3) is 0 Å². The van der Waals surface area contributed by atoms with Crippen molar-refractivity contribution in [2.24, 2.45) is 5.73 Å². The fourth-order valence-electron chi connectivity index (χ4n) is 1.18. The predicted octanol–water partition coefficient (Wildman–Crippen LogP) is 0.283. The Morgan fingerprint density at radius 1 is 1.38 bits per heavy atom. The number of carbonyl (C=O) groups excluding carboxylic acids is 1. The Bertz CT molecular complexity index is 177. The second-order valence-corrected chi connectivity index (χ2v) is 3.64. The largest absolute Gasteiger partial charge is 0.382 e. The van der Waals surface area contributed by atoms with E-state index >= 15 is 0 Å². The normalized spacial score (nSPS) is 12.4. The molecule has 0 aromatic carbocycles. The number of ether oxygens (including phenoxy) is 2. The van der Waals surface area contributed by atoms with Crippen molar-refractivity contribution in [2.75, 3.05) is 33.5 Å². The Morgan fingerprint density at radius 2 is 2.12 bits per heavy atom. The van der Waals surface area contributed by atoms with Crippen molar-refractivity contribution in [3.63, 3.8) is 0 Å². The van der Waals surface area contributed by atoms with Gasteiger partial charge in [0, 0.05) is 13.7 Å². The third-order valence-corrected chi connectivity index (χ3v) is 2.18. The number of hydrogen-bond acceptors (Lipinski definition) is 4. The number of rotatable bonds is 10. The average molecular weight is 232 g/mol. The lowest BCUT2D eigenvalue weighted by atomic mass is 10.1. The van der Waals surface area contributed by atoms with Crippen molar-refractivity contribution in [2.45, 2.75) is 32.2 Å². The van der Waals surface area contributed by atoms with Crippen LogP contribution in [0.25, 0.3) is 0 Å². The van der Waals surface area contributed by atoms with Gasteiger partial charge in [-0.15, -0.1) is 0 Å². The van der Waals surface area contributed by atoms with Crippen LogP contribution in [-0.4, -0.2) is 45.4 Å². The molecular weight excluding hydrogens is 208 g/mol. The van der Waals surface area contributed by atoms with Crippen LogP contribution in [0.15, 0.2) is 0 Å². The first-order chi connectivity index (χ1) is 7.72. The molecular formula is C11H24N2O3. The summed E-state index contributed by atoms with van der Waals surface area (Å²) in [5, 5.41) is 2.74. The van der Waals surface area contributed by atoms with E-state index in [1.807, 2.05) is 0 Å². The van der Waals surface area contributed by atoms with Crippen LogP contribution >= 0.6 is 0 Å². The molecule has 0 unspecified atom stereocenters. The monoisotopic (exact) mass is 232 g/mol. The van der Waals surface area contributed by atoms with Gasteiger partial charge in [0.2, 0.25) is 5.91 Å². The summed E-state index contributed by atoms with van der Waals surface area (Å²) in [7, 11) is 1.62. The van der Waals surface area contributed by atoms with E-state index in [9.17, 15) is 4.79 Å². The SMILES string of the molecule is CCCC[C@H](N)C(=O)NCCOCCOC. The van der Waals surface area contributed by atoms with Gasteiger partial charge in [-0.3, -0.25) is 4.79 Å². The summed E-state index contributed by atoms with van der Waals surface area (Å²) in [6.45, 7) is 4.20. The summed E-state index contributed by atoms with van der Waals surface area (Å²) in [6.07, 6.45) is 2.78. The molecule has 3 N–H and O–H groups in total. The molecule has 0 radical (unpaired) electrons. The summed E-state index contributed by atoms with van der Waals surface area (Å²) >= 11 is 0. The standard InChI is InChI=1S/C11H24N2O3/c1-3-4-5-10(12)11(14)13-6-7-16-9-8-15-2/h10H,3-9,12H2,1-2H3,(H,13,14)/t10-/m0/s1. The fraction of sp³-hybridized carbons (Fsp3) is 0.909. The molecule has 0 saturated heterocycles. The van der Waals surface area contributed by atoms with Crippen molar-refractivity contribution >= 4 is 5.91 Å². The Balaban J connectivity index is 3.35. The number of nitrogens with two attached hydrogens (primary N) is 1. The molecule has 1 atom stereocenters. The molecule has 0 saturated carbocycles. The third-order valence-electron chi connectivity index (χ3n) is 2.18. The number of hydrogen-bond donors (Lipinski definition) is 2. The van der Waals surface area contributed by atoms with Gasteiger partial charge in [-0.2, -0.15) is 0 Å². The fourth-order valence-corrected chi connectivity index (χ4v) is 1.18. The number of carbonyl (C=O) groups is 1. The van der Waals surface area contributed by atoms with Crippen LogP contribution in [0.2, 0.25) is 0 Å². The van der Waals surface area contributed by atoms with E-state index in [0.717, 1.165) is 19.3 Å². The maximum absolute atomic E-state index is 11.4. The molecule has 0 heterocycles. The molecule has 0 bridgehead atoms. The van der Waals surface area contributed by atoms with Crippen LogP contribution in [0, 0.1) is 0 Å². The van der Waals surface area contributed by atoms with Crippen LogP contribution in [0.4, 0.5) is 0 Å². The Hall–Kier alpha value is -0.650. The second-order valence-electron chi connectivity index (χ2n) is 3.64. The van der Waals surface area contributed by atoms with Crippen molar-refractivity contribution < 1.29 is 14.3 Å². The minimum absolute atomic E-state index is 0.0937.